The summed E-state index contributed by atoms with van der Waals surface area (Å²) in [7, 11) is -3.51. The van der Waals surface area contributed by atoms with Gasteiger partial charge in [-0.15, -0.1) is 0 Å². The molecule has 0 amide bonds. The Hall–Kier alpha value is -0.720. The molecule has 18 heavy (non-hydrogen) atoms. The standard InChI is InChI=1S/C12H18N2O2S2/c1-9-4-2-6-11(13)12(9)18(15,16)14-10-5-3-7-17-8-10/h2,4,6,10,14H,3,5,7-8,13H2,1H3. The summed E-state index contributed by atoms with van der Waals surface area (Å²) in [6.07, 6.45) is 1.96. The number of hydrogen-bond acceptors (Lipinski definition) is 4. The van der Waals surface area contributed by atoms with Gasteiger partial charge in [-0.25, -0.2) is 13.1 Å². The number of nitrogens with two attached hydrogens (primary N) is 1. The van der Waals surface area contributed by atoms with E-state index in [0.29, 0.717) is 11.3 Å². The third-order valence-electron chi connectivity index (χ3n) is 2.99. The number of rotatable bonds is 3. The van der Waals surface area contributed by atoms with Crippen molar-refractivity contribution in [3.8, 4) is 0 Å². The summed E-state index contributed by atoms with van der Waals surface area (Å²) in [4.78, 5) is 0.223. The number of thioether (sulfide) groups is 1. The molecule has 6 heteroatoms. The second kappa shape index (κ2) is 5.50. The Bertz CT molecular complexity index is 503. The molecule has 0 saturated carbocycles. The quantitative estimate of drug-likeness (QED) is 0.830. The van der Waals surface area contributed by atoms with E-state index in [1.807, 2.05) is 0 Å². The Morgan fingerprint density at radius 3 is 2.83 bits per heavy atom. The van der Waals surface area contributed by atoms with Crippen LogP contribution in [0.4, 0.5) is 5.69 Å². The van der Waals surface area contributed by atoms with Gasteiger partial charge in [-0.3, -0.25) is 0 Å². The highest BCUT2D eigenvalue weighted by molar-refractivity contribution is 7.99. The first kappa shape index (κ1) is 13.7. The molecule has 3 N–H and O–H groups in total. The van der Waals surface area contributed by atoms with Crippen molar-refractivity contribution in [2.75, 3.05) is 17.2 Å². The van der Waals surface area contributed by atoms with Gasteiger partial charge < -0.3 is 5.73 Å². The second-order valence-corrected chi connectivity index (χ2v) is 7.33. The molecule has 1 aromatic carbocycles. The van der Waals surface area contributed by atoms with Crippen LogP contribution in [0.15, 0.2) is 23.1 Å². The van der Waals surface area contributed by atoms with Crippen molar-refractivity contribution < 1.29 is 8.42 Å². The molecule has 2 rings (SSSR count). The minimum absolute atomic E-state index is 0.0211. The fraction of sp³-hybridized carbons (Fsp3) is 0.500. The highest BCUT2D eigenvalue weighted by Crippen LogP contribution is 2.24. The van der Waals surface area contributed by atoms with Crippen LogP contribution in [0.2, 0.25) is 0 Å². The third kappa shape index (κ3) is 2.99. The maximum absolute atomic E-state index is 12.3. The van der Waals surface area contributed by atoms with Crippen molar-refractivity contribution in [2.45, 2.75) is 30.7 Å². The van der Waals surface area contributed by atoms with Crippen molar-refractivity contribution in [1.29, 1.82) is 0 Å². The number of aryl methyl sites for hydroxylation is 1. The fourth-order valence-electron chi connectivity index (χ4n) is 2.15. The van der Waals surface area contributed by atoms with Gasteiger partial charge in [-0.2, -0.15) is 11.8 Å². The largest absolute Gasteiger partial charge is 0.398 e. The smallest absolute Gasteiger partial charge is 0.243 e. The van der Waals surface area contributed by atoms with Crippen LogP contribution in [-0.4, -0.2) is 26.0 Å². The van der Waals surface area contributed by atoms with Crippen LogP contribution >= 0.6 is 11.8 Å². The van der Waals surface area contributed by atoms with Crippen molar-refractivity contribution >= 4 is 27.5 Å². The number of sulfonamides is 1. The molecule has 0 aliphatic carbocycles. The predicted molar refractivity (Wildman–Crippen MR) is 76.3 cm³/mol. The molecule has 1 heterocycles. The maximum Gasteiger partial charge on any atom is 0.243 e. The molecule has 1 atom stereocenters. The van der Waals surface area contributed by atoms with E-state index in [9.17, 15) is 8.42 Å². The van der Waals surface area contributed by atoms with Crippen LogP contribution in [0, 0.1) is 6.92 Å². The average Bonchev–Trinajstić information content (AvgIpc) is 2.28. The lowest BCUT2D eigenvalue weighted by Gasteiger charge is -2.23. The lowest BCUT2D eigenvalue weighted by Crippen LogP contribution is -2.38. The van der Waals surface area contributed by atoms with Crippen LogP contribution in [0.5, 0.6) is 0 Å². The van der Waals surface area contributed by atoms with E-state index in [4.69, 9.17) is 5.73 Å². The van der Waals surface area contributed by atoms with Gasteiger partial charge in [0.05, 0.1) is 5.69 Å². The van der Waals surface area contributed by atoms with E-state index in [1.165, 1.54) is 0 Å². The van der Waals surface area contributed by atoms with Crippen molar-refractivity contribution in [3.63, 3.8) is 0 Å². The highest BCUT2D eigenvalue weighted by Gasteiger charge is 2.25. The minimum atomic E-state index is -3.51. The highest BCUT2D eigenvalue weighted by atomic mass is 32.2. The van der Waals surface area contributed by atoms with Gasteiger partial charge in [0.15, 0.2) is 0 Å². The van der Waals surface area contributed by atoms with Crippen LogP contribution in [0.25, 0.3) is 0 Å². The van der Waals surface area contributed by atoms with E-state index < -0.39 is 10.0 Å². The zero-order valence-electron chi connectivity index (χ0n) is 10.3. The Kier molecular flexibility index (Phi) is 4.19. The van der Waals surface area contributed by atoms with Crippen molar-refractivity contribution in [3.05, 3.63) is 23.8 Å². The fourth-order valence-corrected chi connectivity index (χ4v) is 4.96. The zero-order chi connectivity index (χ0) is 13.2. The normalized spacial score (nSPS) is 20.8. The Morgan fingerprint density at radius 1 is 1.44 bits per heavy atom. The summed E-state index contributed by atoms with van der Waals surface area (Å²) in [5.74, 6) is 1.95. The predicted octanol–water partition coefficient (Wildman–Crippen LogP) is 1.75. The molecule has 4 nitrogen and oxygen atoms in total. The van der Waals surface area contributed by atoms with Crippen LogP contribution in [0.3, 0.4) is 0 Å². The summed E-state index contributed by atoms with van der Waals surface area (Å²) >= 11 is 1.79. The van der Waals surface area contributed by atoms with E-state index in [0.717, 1.165) is 24.3 Å². The van der Waals surface area contributed by atoms with E-state index in [1.54, 1.807) is 36.9 Å². The maximum atomic E-state index is 12.3. The van der Waals surface area contributed by atoms with Gasteiger partial charge >= 0.3 is 0 Å². The van der Waals surface area contributed by atoms with E-state index >= 15 is 0 Å². The first-order chi connectivity index (χ1) is 8.50. The molecular formula is C12H18N2O2S2. The molecule has 1 aliphatic heterocycles. The summed E-state index contributed by atoms with van der Waals surface area (Å²) in [6, 6.07) is 5.17. The summed E-state index contributed by atoms with van der Waals surface area (Å²) in [6.45, 7) is 1.76. The molecule has 0 radical (unpaired) electrons. The lowest BCUT2D eigenvalue weighted by atomic mass is 10.2. The number of hydrogen-bond donors (Lipinski definition) is 2. The number of nitrogens with one attached hydrogen (secondary N) is 1. The Balaban J connectivity index is 2.25. The van der Waals surface area contributed by atoms with Gasteiger partial charge in [0.1, 0.15) is 4.90 Å². The molecule has 100 valence electrons. The van der Waals surface area contributed by atoms with E-state index in [-0.39, 0.29) is 10.9 Å². The SMILES string of the molecule is Cc1cccc(N)c1S(=O)(=O)NC1CCCSC1. The van der Waals surface area contributed by atoms with Crippen LogP contribution in [0.1, 0.15) is 18.4 Å². The van der Waals surface area contributed by atoms with Crippen molar-refractivity contribution in [1.82, 2.24) is 4.72 Å². The van der Waals surface area contributed by atoms with Gasteiger partial charge in [0, 0.05) is 11.8 Å². The van der Waals surface area contributed by atoms with Gasteiger partial charge in [-0.05, 0) is 37.1 Å². The van der Waals surface area contributed by atoms with Gasteiger partial charge in [0.25, 0.3) is 0 Å². The minimum Gasteiger partial charge on any atom is -0.398 e. The monoisotopic (exact) mass is 286 g/mol. The molecule has 1 aromatic rings. The van der Waals surface area contributed by atoms with Crippen LogP contribution < -0.4 is 10.5 Å². The summed E-state index contributed by atoms with van der Waals surface area (Å²) < 4.78 is 27.4. The average molecular weight is 286 g/mol. The first-order valence-electron chi connectivity index (χ1n) is 5.96. The van der Waals surface area contributed by atoms with Crippen LogP contribution in [-0.2, 0) is 10.0 Å². The number of benzene rings is 1. The van der Waals surface area contributed by atoms with Crippen molar-refractivity contribution in [2.24, 2.45) is 0 Å². The lowest BCUT2D eigenvalue weighted by molar-refractivity contribution is 0.543. The number of nitrogen functional groups attached to an aromatic ring is 1. The van der Waals surface area contributed by atoms with Gasteiger partial charge in [0.2, 0.25) is 10.0 Å². The van der Waals surface area contributed by atoms with Gasteiger partial charge in [-0.1, -0.05) is 12.1 Å². The molecule has 0 aromatic heterocycles. The van der Waals surface area contributed by atoms with E-state index in [2.05, 4.69) is 4.72 Å². The molecule has 1 aliphatic rings. The molecule has 0 bridgehead atoms. The molecular weight excluding hydrogens is 268 g/mol. The molecule has 1 saturated heterocycles. The Morgan fingerprint density at radius 2 is 2.22 bits per heavy atom. The zero-order valence-corrected chi connectivity index (χ0v) is 12.0. The Labute approximate surface area is 112 Å². The topological polar surface area (TPSA) is 72.2 Å². The summed E-state index contributed by atoms with van der Waals surface area (Å²) in [5.41, 5.74) is 6.79. The summed E-state index contributed by atoms with van der Waals surface area (Å²) in [5, 5.41) is 0. The number of anilines is 1. The third-order valence-corrected chi connectivity index (χ3v) is 5.95. The molecule has 0 spiro atoms. The second-order valence-electron chi connectivity index (χ2n) is 4.53. The first-order valence-corrected chi connectivity index (χ1v) is 8.59. The molecule has 1 fully saturated rings. The molecule has 1 unspecified atom stereocenters.